The summed E-state index contributed by atoms with van der Waals surface area (Å²) in [5.74, 6) is 0.409. The number of hydrogen-bond donors (Lipinski definition) is 0. The molecule has 0 radical (unpaired) electrons. The Morgan fingerprint density at radius 3 is 2.04 bits per heavy atom. The number of benzene rings is 2. The van der Waals surface area contributed by atoms with Gasteiger partial charge in [-0.15, -0.1) is 0 Å². The van der Waals surface area contributed by atoms with Gasteiger partial charge in [-0.1, -0.05) is 72.3 Å². The summed E-state index contributed by atoms with van der Waals surface area (Å²) < 4.78 is 0. The molecule has 0 bridgehead atoms. The number of nitrogens with zero attached hydrogens (tertiary/aromatic N) is 2. The monoisotopic (exact) mass is 362 g/mol. The average Bonchev–Trinajstić information content (AvgIpc) is 2.89. The third-order valence-corrected chi connectivity index (χ3v) is 5.15. The number of aliphatic imine (C=N–C) groups is 1. The minimum atomic E-state index is -0.798. The molecule has 130 valence electrons. The third kappa shape index (κ3) is 2.89. The first-order chi connectivity index (χ1) is 12.6. The summed E-state index contributed by atoms with van der Waals surface area (Å²) in [6.07, 6.45) is 4.98. The van der Waals surface area contributed by atoms with Gasteiger partial charge in [0, 0.05) is 19.0 Å². The first-order valence-corrected chi connectivity index (χ1v) is 9.03. The van der Waals surface area contributed by atoms with Crippen LogP contribution < -0.4 is 0 Å². The predicted molar refractivity (Wildman–Crippen MR) is 105 cm³/mol. The van der Waals surface area contributed by atoms with Gasteiger partial charge in [-0.3, -0.25) is 4.79 Å². The second-order valence-electron chi connectivity index (χ2n) is 6.83. The Kier molecular flexibility index (Phi) is 4.25. The normalized spacial score (nSPS) is 18.2. The van der Waals surface area contributed by atoms with Crippen LogP contribution in [0.4, 0.5) is 0 Å². The van der Waals surface area contributed by atoms with E-state index in [0.717, 1.165) is 16.7 Å². The van der Waals surface area contributed by atoms with Crippen molar-refractivity contribution in [3.63, 3.8) is 0 Å². The molecule has 4 rings (SSSR count). The maximum absolute atomic E-state index is 13.2. The molecule has 2 heterocycles. The SMILES string of the molecule is CC1=CN2C(=NC(=O)C2(Cc2ccccc2)Cc2ccccc2)C(Cl)=C1. The van der Waals surface area contributed by atoms with Crippen molar-refractivity contribution in [2.75, 3.05) is 0 Å². The van der Waals surface area contributed by atoms with E-state index in [-0.39, 0.29) is 5.91 Å². The Balaban J connectivity index is 1.81. The number of carbonyl (C=O) groups excluding carboxylic acids is 1. The number of halogens is 1. The molecule has 0 atom stereocenters. The summed E-state index contributed by atoms with van der Waals surface area (Å²) in [5, 5.41) is 0.515. The van der Waals surface area contributed by atoms with Gasteiger partial charge < -0.3 is 4.90 Å². The van der Waals surface area contributed by atoms with Crippen LogP contribution in [0.25, 0.3) is 0 Å². The highest BCUT2D eigenvalue weighted by atomic mass is 35.5. The fourth-order valence-electron chi connectivity index (χ4n) is 3.67. The number of rotatable bonds is 4. The van der Waals surface area contributed by atoms with Crippen LogP contribution in [0.2, 0.25) is 0 Å². The van der Waals surface area contributed by atoms with E-state index in [9.17, 15) is 4.79 Å². The Hall–Kier alpha value is -2.65. The van der Waals surface area contributed by atoms with Crippen LogP contribution in [0.5, 0.6) is 0 Å². The predicted octanol–water partition coefficient (Wildman–Crippen LogP) is 4.49. The summed E-state index contributed by atoms with van der Waals surface area (Å²) in [5.41, 5.74) is 2.41. The van der Waals surface area contributed by atoms with E-state index < -0.39 is 5.54 Å². The summed E-state index contributed by atoms with van der Waals surface area (Å²) in [6.45, 7) is 1.98. The number of hydrogen-bond acceptors (Lipinski definition) is 2. The molecule has 0 saturated heterocycles. The van der Waals surface area contributed by atoms with Gasteiger partial charge in [0.15, 0.2) is 5.84 Å². The molecule has 2 aromatic rings. The van der Waals surface area contributed by atoms with Crippen molar-refractivity contribution >= 4 is 23.3 Å². The van der Waals surface area contributed by atoms with Gasteiger partial charge in [-0.2, -0.15) is 4.99 Å². The second kappa shape index (κ2) is 6.58. The molecule has 3 nitrogen and oxygen atoms in total. The summed E-state index contributed by atoms with van der Waals surface area (Å²) in [7, 11) is 0. The zero-order valence-corrected chi connectivity index (χ0v) is 15.3. The second-order valence-corrected chi connectivity index (χ2v) is 7.24. The molecule has 0 saturated carbocycles. The van der Waals surface area contributed by atoms with Crippen LogP contribution in [0.3, 0.4) is 0 Å². The van der Waals surface area contributed by atoms with Crippen molar-refractivity contribution in [3.05, 3.63) is 94.7 Å². The Bertz CT molecular complexity index is 888. The fourth-order valence-corrected chi connectivity index (χ4v) is 3.97. The van der Waals surface area contributed by atoms with Crippen molar-refractivity contribution in [1.29, 1.82) is 0 Å². The smallest absolute Gasteiger partial charge is 0.274 e. The molecule has 1 amide bonds. The molecule has 0 unspecified atom stereocenters. The highest BCUT2D eigenvalue weighted by molar-refractivity contribution is 6.45. The minimum absolute atomic E-state index is 0.141. The average molecular weight is 363 g/mol. The van der Waals surface area contributed by atoms with Gasteiger partial charge in [0.05, 0.1) is 5.03 Å². The van der Waals surface area contributed by atoms with E-state index in [0.29, 0.717) is 23.7 Å². The van der Waals surface area contributed by atoms with Gasteiger partial charge in [0.25, 0.3) is 5.91 Å². The first kappa shape index (κ1) is 16.8. The quantitative estimate of drug-likeness (QED) is 0.802. The van der Waals surface area contributed by atoms with Crippen molar-refractivity contribution in [1.82, 2.24) is 4.90 Å². The van der Waals surface area contributed by atoms with Gasteiger partial charge in [-0.25, -0.2) is 0 Å². The molecule has 0 fully saturated rings. The lowest BCUT2D eigenvalue weighted by Crippen LogP contribution is -2.53. The van der Waals surface area contributed by atoms with E-state index in [1.165, 1.54) is 0 Å². The fraction of sp³-hybridized carbons (Fsp3) is 0.182. The largest absolute Gasteiger partial charge is 0.315 e. The Morgan fingerprint density at radius 2 is 1.50 bits per heavy atom. The van der Waals surface area contributed by atoms with E-state index in [4.69, 9.17) is 11.6 Å². The van der Waals surface area contributed by atoms with E-state index >= 15 is 0 Å². The number of amides is 1. The van der Waals surface area contributed by atoms with E-state index in [1.807, 2.05) is 60.5 Å². The van der Waals surface area contributed by atoms with Crippen molar-refractivity contribution in [3.8, 4) is 0 Å². The van der Waals surface area contributed by atoms with Crippen LogP contribution in [0.15, 0.2) is 88.5 Å². The molecule has 2 aliphatic heterocycles. The summed E-state index contributed by atoms with van der Waals surface area (Å²) >= 11 is 6.41. The lowest BCUT2D eigenvalue weighted by molar-refractivity contribution is -0.124. The van der Waals surface area contributed by atoms with E-state index in [1.54, 1.807) is 0 Å². The standard InChI is InChI=1S/C22H19ClN2O/c1-16-12-19(23)20-24-21(26)22(25(20)15-16,13-17-8-4-2-5-9-17)14-18-10-6-3-7-11-18/h2-12,15H,13-14H2,1H3. The molecule has 0 aliphatic carbocycles. The number of allylic oxidation sites excluding steroid dienone is 2. The number of fused-ring (bicyclic) bond motifs is 1. The maximum Gasteiger partial charge on any atom is 0.274 e. The van der Waals surface area contributed by atoms with Crippen LogP contribution in [0.1, 0.15) is 18.1 Å². The first-order valence-electron chi connectivity index (χ1n) is 8.65. The highest BCUT2D eigenvalue weighted by Gasteiger charge is 2.51. The Labute approximate surface area is 158 Å². The van der Waals surface area contributed by atoms with Crippen LogP contribution in [-0.4, -0.2) is 22.2 Å². The van der Waals surface area contributed by atoms with Gasteiger partial charge in [-0.05, 0) is 29.7 Å². The lowest BCUT2D eigenvalue weighted by atomic mass is 9.82. The van der Waals surface area contributed by atoms with Crippen molar-refractivity contribution in [2.24, 2.45) is 4.99 Å². The van der Waals surface area contributed by atoms with E-state index in [2.05, 4.69) is 29.3 Å². The molecule has 0 aromatic heterocycles. The number of amidine groups is 1. The molecule has 4 heteroatoms. The van der Waals surface area contributed by atoms with Gasteiger partial charge in [0.1, 0.15) is 5.54 Å². The van der Waals surface area contributed by atoms with Gasteiger partial charge in [0.2, 0.25) is 0 Å². The molecule has 26 heavy (non-hydrogen) atoms. The zero-order chi connectivity index (χ0) is 18.1. The molecule has 0 spiro atoms. The molecular weight excluding hydrogens is 344 g/mol. The van der Waals surface area contributed by atoms with Crippen LogP contribution in [-0.2, 0) is 17.6 Å². The summed E-state index contributed by atoms with van der Waals surface area (Å²) in [6, 6.07) is 20.2. The topological polar surface area (TPSA) is 32.7 Å². The van der Waals surface area contributed by atoms with Crippen LogP contribution in [0, 0.1) is 0 Å². The maximum atomic E-state index is 13.2. The highest BCUT2D eigenvalue weighted by Crippen LogP contribution is 2.37. The van der Waals surface area contributed by atoms with Crippen molar-refractivity contribution < 1.29 is 4.79 Å². The summed E-state index contributed by atoms with van der Waals surface area (Å²) in [4.78, 5) is 19.5. The Morgan fingerprint density at radius 1 is 0.962 bits per heavy atom. The van der Waals surface area contributed by atoms with Gasteiger partial charge >= 0.3 is 0 Å². The molecular formula is C22H19ClN2O. The zero-order valence-electron chi connectivity index (χ0n) is 14.5. The minimum Gasteiger partial charge on any atom is -0.315 e. The third-order valence-electron chi connectivity index (χ3n) is 4.87. The number of carbonyl (C=O) groups is 1. The van der Waals surface area contributed by atoms with Crippen molar-refractivity contribution in [2.45, 2.75) is 25.3 Å². The molecule has 2 aliphatic rings. The molecule has 2 aromatic carbocycles. The lowest BCUT2D eigenvalue weighted by Gasteiger charge is -2.38. The molecule has 0 N–H and O–H groups in total. The van der Waals surface area contributed by atoms with Crippen LogP contribution >= 0.6 is 11.6 Å².